The van der Waals surface area contributed by atoms with E-state index in [1.165, 1.54) is 11.1 Å². The lowest BCUT2D eigenvalue weighted by Crippen LogP contribution is -1.89. The number of aryl methyl sites for hydroxylation is 1. The van der Waals surface area contributed by atoms with Crippen molar-refractivity contribution in [3.8, 4) is 0 Å². The fraction of sp³-hybridized carbons (Fsp3) is 0.308. The molecule has 16 heavy (non-hydrogen) atoms. The van der Waals surface area contributed by atoms with Gasteiger partial charge < -0.3 is 9.52 Å². The number of hydrogen-bond acceptors (Lipinski definition) is 3. The van der Waals surface area contributed by atoms with E-state index in [0.29, 0.717) is 18.1 Å². The average molecular weight is 217 g/mol. The number of rotatable bonds is 3. The van der Waals surface area contributed by atoms with Crippen LogP contribution in [0.15, 0.2) is 34.9 Å². The Kier molecular flexibility index (Phi) is 3.06. The molecule has 1 aromatic heterocycles. The molecule has 1 heterocycles. The van der Waals surface area contributed by atoms with Crippen LogP contribution >= 0.6 is 0 Å². The number of hydrogen-bond donors (Lipinski definition) is 1. The standard InChI is InChI=1S/C13H15NO2/c1-9-4-3-5-11(6-9)7-13-14-8-12(16-13)10(2)15/h3-6,8,10,15H,7H2,1-2H3. The van der Waals surface area contributed by atoms with Gasteiger partial charge in [-0.2, -0.15) is 0 Å². The molecule has 3 nitrogen and oxygen atoms in total. The van der Waals surface area contributed by atoms with Gasteiger partial charge in [0.15, 0.2) is 11.7 Å². The van der Waals surface area contributed by atoms with Gasteiger partial charge in [-0.25, -0.2) is 4.98 Å². The molecule has 2 aromatic rings. The fourth-order valence-electron chi connectivity index (χ4n) is 1.60. The molecule has 1 unspecified atom stereocenters. The van der Waals surface area contributed by atoms with E-state index in [1.807, 2.05) is 12.1 Å². The lowest BCUT2D eigenvalue weighted by atomic mass is 10.1. The van der Waals surface area contributed by atoms with E-state index in [0.717, 1.165) is 0 Å². The summed E-state index contributed by atoms with van der Waals surface area (Å²) in [5, 5.41) is 9.31. The van der Waals surface area contributed by atoms with E-state index in [-0.39, 0.29) is 0 Å². The molecule has 1 N–H and O–H groups in total. The third-order valence-electron chi connectivity index (χ3n) is 2.42. The van der Waals surface area contributed by atoms with Crippen LogP contribution in [0.1, 0.15) is 35.8 Å². The normalized spacial score (nSPS) is 12.7. The molecule has 0 bridgehead atoms. The molecule has 3 heteroatoms. The van der Waals surface area contributed by atoms with Crippen LogP contribution in [0.5, 0.6) is 0 Å². The molecule has 0 saturated carbocycles. The van der Waals surface area contributed by atoms with Crippen molar-refractivity contribution < 1.29 is 9.52 Å². The molecule has 2 rings (SSSR count). The Hall–Kier alpha value is -1.61. The number of aliphatic hydroxyl groups excluding tert-OH is 1. The van der Waals surface area contributed by atoms with E-state index in [4.69, 9.17) is 4.42 Å². The Bertz CT molecular complexity index is 474. The van der Waals surface area contributed by atoms with Crippen LogP contribution in [0.25, 0.3) is 0 Å². The van der Waals surface area contributed by atoms with Crippen LogP contribution in [0, 0.1) is 6.92 Å². The van der Waals surface area contributed by atoms with Crippen molar-refractivity contribution in [1.29, 1.82) is 0 Å². The highest BCUT2D eigenvalue weighted by Gasteiger charge is 2.08. The summed E-state index contributed by atoms with van der Waals surface area (Å²) in [6.45, 7) is 3.72. The van der Waals surface area contributed by atoms with E-state index in [2.05, 4.69) is 24.0 Å². The van der Waals surface area contributed by atoms with Gasteiger partial charge in [0, 0.05) is 6.42 Å². The number of benzene rings is 1. The Balaban J connectivity index is 2.14. The summed E-state index contributed by atoms with van der Waals surface area (Å²) in [4.78, 5) is 4.14. The van der Waals surface area contributed by atoms with E-state index < -0.39 is 6.10 Å². The molecule has 0 fully saturated rings. The molecule has 0 aliphatic heterocycles. The second kappa shape index (κ2) is 4.49. The summed E-state index contributed by atoms with van der Waals surface area (Å²) in [7, 11) is 0. The Morgan fingerprint density at radius 3 is 2.88 bits per heavy atom. The van der Waals surface area contributed by atoms with Gasteiger partial charge in [0.2, 0.25) is 0 Å². The van der Waals surface area contributed by atoms with E-state index in [1.54, 1.807) is 13.1 Å². The van der Waals surface area contributed by atoms with Gasteiger partial charge in [0.1, 0.15) is 6.10 Å². The minimum absolute atomic E-state index is 0.516. The molecular weight excluding hydrogens is 202 g/mol. The van der Waals surface area contributed by atoms with E-state index >= 15 is 0 Å². The average Bonchev–Trinajstić information content (AvgIpc) is 2.66. The van der Waals surface area contributed by atoms with Crippen LogP contribution in [-0.2, 0) is 6.42 Å². The predicted octanol–water partition coefficient (Wildman–Crippen LogP) is 2.63. The molecule has 0 radical (unpaired) electrons. The number of nitrogens with zero attached hydrogens (tertiary/aromatic N) is 1. The quantitative estimate of drug-likeness (QED) is 0.859. The van der Waals surface area contributed by atoms with Crippen LogP contribution in [0.3, 0.4) is 0 Å². The van der Waals surface area contributed by atoms with Gasteiger partial charge in [0.25, 0.3) is 0 Å². The molecular formula is C13H15NO2. The molecule has 1 atom stereocenters. The number of aromatic nitrogens is 1. The smallest absolute Gasteiger partial charge is 0.198 e. The monoisotopic (exact) mass is 217 g/mol. The van der Waals surface area contributed by atoms with Gasteiger partial charge in [-0.05, 0) is 19.4 Å². The van der Waals surface area contributed by atoms with Crippen molar-refractivity contribution in [3.63, 3.8) is 0 Å². The lowest BCUT2D eigenvalue weighted by molar-refractivity contribution is 0.167. The van der Waals surface area contributed by atoms with E-state index in [9.17, 15) is 5.11 Å². The van der Waals surface area contributed by atoms with Gasteiger partial charge in [0.05, 0.1) is 6.20 Å². The molecule has 0 aliphatic carbocycles. The van der Waals surface area contributed by atoms with Crippen LogP contribution in [0.2, 0.25) is 0 Å². The Labute approximate surface area is 94.8 Å². The van der Waals surface area contributed by atoms with Crippen LogP contribution in [-0.4, -0.2) is 10.1 Å². The fourth-order valence-corrected chi connectivity index (χ4v) is 1.60. The third kappa shape index (κ3) is 2.49. The molecule has 0 spiro atoms. The first-order valence-corrected chi connectivity index (χ1v) is 5.33. The van der Waals surface area contributed by atoms with Gasteiger partial charge in [-0.1, -0.05) is 29.8 Å². The van der Waals surface area contributed by atoms with Gasteiger partial charge >= 0.3 is 0 Å². The first kappa shape index (κ1) is 10.9. The number of oxazole rings is 1. The van der Waals surface area contributed by atoms with Crippen molar-refractivity contribution in [3.05, 3.63) is 53.2 Å². The highest BCUT2D eigenvalue weighted by molar-refractivity contribution is 5.24. The molecule has 0 aliphatic rings. The number of aliphatic hydroxyl groups is 1. The zero-order valence-electron chi connectivity index (χ0n) is 9.47. The summed E-state index contributed by atoms with van der Waals surface area (Å²) >= 11 is 0. The van der Waals surface area contributed by atoms with Crippen molar-refractivity contribution in [1.82, 2.24) is 4.98 Å². The Morgan fingerprint density at radius 1 is 1.44 bits per heavy atom. The third-order valence-corrected chi connectivity index (χ3v) is 2.42. The first-order valence-electron chi connectivity index (χ1n) is 5.33. The minimum atomic E-state index is -0.598. The van der Waals surface area contributed by atoms with Crippen molar-refractivity contribution >= 4 is 0 Å². The second-order valence-corrected chi connectivity index (χ2v) is 4.00. The Morgan fingerprint density at radius 2 is 2.25 bits per heavy atom. The zero-order chi connectivity index (χ0) is 11.5. The highest BCUT2D eigenvalue weighted by Crippen LogP contribution is 2.16. The summed E-state index contributed by atoms with van der Waals surface area (Å²) in [5.74, 6) is 1.16. The van der Waals surface area contributed by atoms with Crippen molar-refractivity contribution in [2.75, 3.05) is 0 Å². The molecule has 0 saturated heterocycles. The summed E-state index contributed by atoms with van der Waals surface area (Å²) in [6.07, 6.45) is 1.64. The van der Waals surface area contributed by atoms with Gasteiger partial charge in [-0.15, -0.1) is 0 Å². The summed E-state index contributed by atoms with van der Waals surface area (Å²) in [5.41, 5.74) is 2.39. The molecule has 0 amide bonds. The predicted molar refractivity (Wildman–Crippen MR) is 61.1 cm³/mol. The summed E-state index contributed by atoms with van der Waals surface area (Å²) < 4.78 is 5.43. The van der Waals surface area contributed by atoms with Crippen LogP contribution in [0.4, 0.5) is 0 Å². The molecule has 84 valence electrons. The maximum absolute atomic E-state index is 9.31. The topological polar surface area (TPSA) is 46.3 Å². The van der Waals surface area contributed by atoms with Crippen molar-refractivity contribution in [2.24, 2.45) is 0 Å². The first-order chi connectivity index (χ1) is 7.65. The largest absolute Gasteiger partial charge is 0.443 e. The van der Waals surface area contributed by atoms with Gasteiger partial charge in [-0.3, -0.25) is 0 Å². The minimum Gasteiger partial charge on any atom is -0.443 e. The summed E-state index contributed by atoms with van der Waals surface area (Å²) in [6, 6.07) is 8.22. The maximum atomic E-state index is 9.31. The highest BCUT2D eigenvalue weighted by atomic mass is 16.4. The van der Waals surface area contributed by atoms with Crippen molar-refractivity contribution in [2.45, 2.75) is 26.4 Å². The lowest BCUT2D eigenvalue weighted by Gasteiger charge is -1.99. The maximum Gasteiger partial charge on any atom is 0.198 e. The SMILES string of the molecule is Cc1cccc(Cc2ncc(C(C)O)o2)c1. The molecule has 1 aromatic carbocycles. The zero-order valence-corrected chi connectivity index (χ0v) is 9.47. The van der Waals surface area contributed by atoms with Crippen LogP contribution < -0.4 is 0 Å². The second-order valence-electron chi connectivity index (χ2n) is 4.00.